The Morgan fingerprint density at radius 2 is 0.727 bits per heavy atom. The molecule has 1 heteroatoms. The van der Waals surface area contributed by atoms with Crippen molar-refractivity contribution in [2.45, 2.75) is 110 Å². The SMILES string of the molecule is C1CCC(C[CH2][Sn]([CH2]CC2CCCC2)[CH2]CC2CCCC2)C1. The van der Waals surface area contributed by atoms with E-state index in [1.165, 1.54) is 0 Å². The Morgan fingerprint density at radius 1 is 0.455 bits per heavy atom. The topological polar surface area (TPSA) is 0 Å². The van der Waals surface area contributed by atoms with Crippen molar-refractivity contribution in [1.82, 2.24) is 0 Å². The Bertz CT molecular complexity index is 235. The fourth-order valence-corrected chi connectivity index (χ4v) is 14.6. The van der Waals surface area contributed by atoms with Crippen LogP contribution in [0.1, 0.15) is 96.3 Å². The van der Waals surface area contributed by atoms with E-state index in [1.807, 2.05) is 0 Å². The molecule has 0 aromatic carbocycles. The van der Waals surface area contributed by atoms with E-state index in [-0.39, 0.29) is 0 Å². The maximum absolute atomic E-state index is 1.77. The van der Waals surface area contributed by atoms with Gasteiger partial charge in [0.2, 0.25) is 0 Å². The molecule has 3 aliphatic rings. The minimum absolute atomic E-state index is 1.02. The molecule has 0 N–H and O–H groups in total. The van der Waals surface area contributed by atoms with Gasteiger partial charge in [-0.2, -0.15) is 0 Å². The molecule has 0 aromatic heterocycles. The third-order valence-corrected chi connectivity index (χ3v) is 15.7. The van der Waals surface area contributed by atoms with Gasteiger partial charge < -0.3 is 0 Å². The number of hydrogen-bond acceptors (Lipinski definition) is 0. The molecule has 3 fully saturated rings. The van der Waals surface area contributed by atoms with Crippen LogP contribution in [-0.2, 0) is 0 Å². The quantitative estimate of drug-likeness (QED) is 0.352. The molecule has 3 aliphatic carbocycles. The van der Waals surface area contributed by atoms with Crippen LogP contribution in [0.4, 0.5) is 0 Å². The molecule has 0 atom stereocenters. The summed E-state index contributed by atoms with van der Waals surface area (Å²) >= 11 is -1.02. The van der Waals surface area contributed by atoms with Crippen LogP contribution in [0.25, 0.3) is 0 Å². The Kier molecular flexibility index (Phi) is 7.96. The maximum atomic E-state index is 1.77. The van der Waals surface area contributed by atoms with Crippen LogP contribution in [0.5, 0.6) is 0 Å². The van der Waals surface area contributed by atoms with E-state index in [2.05, 4.69) is 0 Å². The predicted molar refractivity (Wildman–Crippen MR) is 99.9 cm³/mol. The summed E-state index contributed by atoms with van der Waals surface area (Å²) in [6, 6.07) is 0. The van der Waals surface area contributed by atoms with Crippen molar-refractivity contribution in [3.8, 4) is 0 Å². The van der Waals surface area contributed by atoms with Crippen LogP contribution in [0, 0.1) is 17.8 Å². The van der Waals surface area contributed by atoms with Gasteiger partial charge >= 0.3 is 147 Å². The van der Waals surface area contributed by atoms with Gasteiger partial charge in [0.15, 0.2) is 0 Å². The fraction of sp³-hybridized carbons (Fsp3) is 1.00. The molecule has 0 heterocycles. The minimum atomic E-state index is -1.02. The van der Waals surface area contributed by atoms with E-state index in [9.17, 15) is 0 Å². The fourth-order valence-electron chi connectivity index (χ4n) is 5.50. The van der Waals surface area contributed by atoms with E-state index < -0.39 is 19.8 Å². The Hall–Kier alpha value is 0.799. The van der Waals surface area contributed by atoms with Gasteiger partial charge in [0, 0.05) is 0 Å². The van der Waals surface area contributed by atoms with Gasteiger partial charge in [-0.1, -0.05) is 0 Å². The van der Waals surface area contributed by atoms with Crippen molar-refractivity contribution in [2.24, 2.45) is 17.8 Å². The van der Waals surface area contributed by atoms with Crippen molar-refractivity contribution in [3.63, 3.8) is 0 Å². The first-order chi connectivity index (χ1) is 10.9. The monoisotopic (exact) mass is 411 g/mol. The third-order valence-electron chi connectivity index (χ3n) is 7.14. The van der Waals surface area contributed by atoms with Crippen molar-refractivity contribution in [2.75, 3.05) is 0 Å². The van der Waals surface area contributed by atoms with E-state index in [0.717, 1.165) is 17.8 Å². The zero-order valence-electron chi connectivity index (χ0n) is 15.0. The van der Waals surface area contributed by atoms with Gasteiger partial charge in [-0.15, -0.1) is 0 Å². The molecule has 127 valence electrons. The standard InChI is InChI=1S/3C7H13.Sn/c3*1-2-7-5-3-4-6-7;/h3*7H,1-6H2;. The summed E-state index contributed by atoms with van der Waals surface area (Å²) in [6.45, 7) is 0. The summed E-state index contributed by atoms with van der Waals surface area (Å²) < 4.78 is 5.31. The Morgan fingerprint density at radius 3 is 1.00 bits per heavy atom. The van der Waals surface area contributed by atoms with Gasteiger partial charge in [-0.25, -0.2) is 0 Å². The summed E-state index contributed by atoms with van der Waals surface area (Å²) in [6.07, 6.45) is 23.8. The second-order valence-corrected chi connectivity index (χ2v) is 17.4. The Balaban J connectivity index is 1.38. The summed E-state index contributed by atoms with van der Waals surface area (Å²) in [7, 11) is 0. The summed E-state index contributed by atoms with van der Waals surface area (Å²) in [5.41, 5.74) is 0. The third kappa shape index (κ3) is 6.02. The Labute approximate surface area is 147 Å². The molecule has 0 unspecified atom stereocenters. The molecule has 1 radical (unpaired) electrons. The molecule has 0 spiro atoms. The van der Waals surface area contributed by atoms with E-state index in [4.69, 9.17) is 0 Å². The molecule has 0 bridgehead atoms. The molecule has 22 heavy (non-hydrogen) atoms. The molecule has 0 aromatic rings. The normalized spacial score (nSPS) is 25.0. The molecular formula is C21H39Sn. The summed E-state index contributed by atoms with van der Waals surface area (Å²) in [4.78, 5) is 0. The first-order valence-corrected chi connectivity index (χ1v) is 16.8. The number of hydrogen-bond donors (Lipinski definition) is 0. The molecule has 3 rings (SSSR count). The second-order valence-electron chi connectivity index (χ2n) is 8.82. The van der Waals surface area contributed by atoms with Crippen LogP contribution in [0.15, 0.2) is 0 Å². The number of rotatable bonds is 9. The average Bonchev–Trinajstić information content (AvgIpc) is 3.29. The molecule has 0 amide bonds. The zero-order chi connectivity index (χ0) is 15.0. The van der Waals surface area contributed by atoms with Crippen molar-refractivity contribution >= 4 is 19.8 Å². The predicted octanol–water partition coefficient (Wildman–Crippen LogP) is 7.22. The summed E-state index contributed by atoms with van der Waals surface area (Å²) in [5, 5.41) is 0. The van der Waals surface area contributed by atoms with Gasteiger partial charge in [-0.05, 0) is 0 Å². The van der Waals surface area contributed by atoms with Gasteiger partial charge in [-0.3, -0.25) is 0 Å². The van der Waals surface area contributed by atoms with Crippen molar-refractivity contribution in [3.05, 3.63) is 0 Å². The van der Waals surface area contributed by atoms with Gasteiger partial charge in [0.05, 0.1) is 0 Å². The molecule has 0 aliphatic heterocycles. The van der Waals surface area contributed by atoms with Crippen LogP contribution in [-0.4, -0.2) is 19.8 Å². The van der Waals surface area contributed by atoms with Crippen molar-refractivity contribution in [1.29, 1.82) is 0 Å². The first kappa shape index (κ1) is 17.6. The van der Waals surface area contributed by atoms with E-state index in [1.54, 1.807) is 110 Å². The molecule has 0 saturated heterocycles. The van der Waals surface area contributed by atoms with E-state index in [0.29, 0.717) is 0 Å². The molecular weight excluding hydrogens is 371 g/mol. The van der Waals surface area contributed by atoms with E-state index >= 15 is 0 Å². The van der Waals surface area contributed by atoms with Gasteiger partial charge in [0.1, 0.15) is 0 Å². The van der Waals surface area contributed by atoms with Crippen molar-refractivity contribution < 1.29 is 0 Å². The summed E-state index contributed by atoms with van der Waals surface area (Å²) in [5.74, 6) is 3.48. The molecule has 0 nitrogen and oxygen atoms in total. The van der Waals surface area contributed by atoms with Crippen LogP contribution >= 0.6 is 0 Å². The van der Waals surface area contributed by atoms with Crippen LogP contribution in [0.3, 0.4) is 0 Å². The first-order valence-electron chi connectivity index (χ1n) is 10.7. The zero-order valence-corrected chi connectivity index (χ0v) is 17.8. The second kappa shape index (κ2) is 9.94. The van der Waals surface area contributed by atoms with Crippen LogP contribution in [0.2, 0.25) is 13.3 Å². The molecule has 3 saturated carbocycles. The van der Waals surface area contributed by atoms with Gasteiger partial charge in [0.25, 0.3) is 0 Å². The van der Waals surface area contributed by atoms with Crippen LogP contribution < -0.4 is 0 Å². The average molecular weight is 410 g/mol.